The molecule has 0 aliphatic rings. The number of benzene rings is 2. The fourth-order valence-corrected chi connectivity index (χ4v) is 2.97. The van der Waals surface area contributed by atoms with Crippen molar-refractivity contribution < 1.29 is 19.1 Å². The lowest BCUT2D eigenvalue weighted by Crippen LogP contribution is -2.47. The van der Waals surface area contributed by atoms with Crippen molar-refractivity contribution >= 4 is 23.4 Å². The number of halogens is 1. The van der Waals surface area contributed by atoms with Crippen LogP contribution in [0.3, 0.4) is 0 Å². The maximum Gasteiger partial charge on any atom is 0.279 e. The van der Waals surface area contributed by atoms with E-state index in [2.05, 4.69) is 26.4 Å². The lowest BCUT2D eigenvalue weighted by molar-refractivity contribution is -0.128. The molecule has 1 unspecified atom stereocenters. The fraction of sp³-hybridized carbons (Fsp3) is 0.250. The van der Waals surface area contributed by atoms with Crippen LogP contribution in [0.2, 0.25) is 5.02 Å². The molecule has 31 heavy (non-hydrogen) atoms. The van der Waals surface area contributed by atoms with Crippen LogP contribution < -0.4 is 20.3 Å². The zero-order chi connectivity index (χ0) is 22.5. The first kappa shape index (κ1) is 22.0. The minimum absolute atomic E-state index is 0.118. The Bertz CT molecular complexity index is 1100. The Balaban J connectivity index is 1.68. The van der Waals surface area contributed by atoms with Gasteiger partial charge in [0.1, 0.15) is 17.8 Å². The van der Waals surface area contributed by atoms with E-state index in [1.165, 1.54) is 30.3 Å². The van der Waals surface area contributed by atoms with E-state index in [0.717, 1.165) is 11.1 Å². The molecule has 0 aliphatic heterocycles. The standard InChI is InChI=1S/C20H21ClN6O4/c1-11-6-5-7-17(12(11)2)31-13(3)19(28)23-24-20(29)14-8-15(21)16(9-18(14)30-4)27-10-22-25-26-27/h5-10,13H,1-4H3,(H,23,28)(H,24,29). The number of carbonyl (C=O) groups is 2. The van der Waals surface area contributed by atoms with Gasteiger partial charge in [-0.05, 0) is 54.5 Å². The van der Waals surface area contributed by atoms with Gasteiger partial charge in [0.05, 0.1) is 23.4 Å². The van der Waals surface area contributed by atoms with Gasteiger partial charge in [0.15, 0.2) is 6.10 Å². The molecule has 0 fully saturated rings. The van der Waals surface area contributed by atoms with E-state index >= 15 is 0 Å². The van der Waals surface area contributed by atoms with Gasteiger partial charge in [0, 0.05) is 6.07 Å². The minimum Gasteiger partial charge on any atom is -0.496 e. The number of ether oxygens (including phenoxy) is 2. The normalized spacial score (nSPS) is 11.5. The first-order valence-corrected chi connectivity index (χ1v) is 9.63. The van der Waals surface area contributed by atoms with Crippen LogP contribution >= 0.6 is 11.6 Å². The zero-order valence-corrected chi connectivity index (χ0v) is 18.1. The van der Waals surface area contributed by atoms with E-state index in [-0.39, 0.29) is 16.3 Å². The molecule has 11 heteroatoms. The van der Waals surface area contributed by atoms with Crippen molar-refractivity contribution in [3.05, 3.63) is 58.4 Å². The zero-order valence-electron chi connectivity index (χ0n) is 17.3. The van der Waals surface area contributed by atoms with Crippen molar-refractivity contribution in [2.75, 3.05) is 7.11 Å². The third-order valence-electron chi connectivity index (χ3n) is 4.64. The Hall–Kier alpha value is -3.66. The largest absolute Gasteiger partial charge is 0.496 e. The lowest BCUT2D eigenvalue weighted by atomic mass is 10.1. The van der Waals surface area contributed by atoms with Gasteiger partial charge in [-0.3, -0.25) is 20.4 Å². The fourth-order valence-electron chi connectivity index (χ4n) is 2.72. The molecule has 0 saturated heterocycles. The van der Waals surface area contributed by atoms with E-state index in [4.69, 9.17) is 21.1 Å². The van der Waals surface area contributed by atoms with Gasteiger partial charge in [0.2, 0.25) is 0 Å². The van der Waals surface area contributed by atoms with Crippen LogP contribution in [-0.2, 0) is 4.79 Å². The van der Waals surface area contributed by atoms with Crippen LogP contribution in [0.25, 0.3) is 5.69 Å². The van der Waals surface area contributed by atoms with Crippen LogP contribution in [-0.4, -0.2) is 45.2 Å². The molecular formula is C20H21ClN6O4. The maximum absolute atomic E-state index is 12.6. The van der Waals surface area contributed by atoms with Crippen LogP contribution in [0.15, 0.2) is 36.7 Å². The van der Waals surface area contributed by atoms with E-state index in [0.29, 0.717) is 11.4 Å². The van der Waals surface area contributed by atoms with E-state index in [9.17, 15) is 9.59 Å². The first-order chi connectivity index (χ1) is 14.8. The molecule has 2 aromatic carbocycles. The number of nitrogens with zero attached hydrogens (tertiary/aromatic N) is 4. The Morgan fingerprint density at radius 3 is 2.61 bits per heavy atom. The van der Waals surface area contributed by atoms with Crippen molar-refractivity contribution in [2.24, 2.45) is 0 Å². The van der Waals surface area contributed by atoms with Crippen molar-refractivity contribution in [3.8, 4) is 17.2 Å². The molecule has 0 bridgehead atoms. The predicted octanol–water partition coefficient (Wildman–Crippen LogP) is 2.17. The van der Waals surface area contributed by atoms with Gasteiger partial charge < -0.3 is 9.47 Å². The number of methoxy groups -OCH3 is 1. The number of aromatic nitrogens is 4. The predicted molar refractivity (Wildman–Crippen MR) is 112 cm³/mol. The minimum atomic E-state index is -0.839. The highest BCUT2D eigenvalue weighted by atomic mass is 35.5. The summed E-state index contributed by atoms with van der Waals surface area (Å²) < 4.78 is 12.3. The van der Waals surface area contributed by atoms with Gasteiger partial charge in [0.25, 0.3) is 11.8 Å². The molecule has 0 saturated carbocycles. The highest BCUT2D eigenvalue weighted by Crippen LogP contribution is 2.29. The van der Waals surface area contributed by atoms with Crippen LogP contribution in [0.1, 0.15) is 28.4 Å². The van der Waals surface area contributed by atoms with E-state index < -0.39 is 17.9 Å². The Morgan fingerprint density at radius 2 is 1.94 bits per heavy atom. The number of tetrazole rings is 1. The second-order valence-electron chi connectivity index (χ2n) is 6.66. The Morgan fingerprint density at radius 1 is 1.16 bits per heavy atom. The Kier molecular flexibility index (Phi) is 6.71. The summed E-state index contributed by atoms with van der Waals surface area (Å²) >= 11 is 6.27. The number of nitrogens with one attached hydrogen (secondary N) is 2. The number of hydrazine groups is 1. The topological polar surface area (TPSA) is 120 Å². The summed E-state index contributed by atoms with van der Waals surface area (Å²) in [7, 11) is 1.40. The first-order valence-electron chi connectivity index (χ1n) is 9.25. The molecule has 0 spiro atoms. The van der Waals surface area contributed by atoms with Gasteiger partial charge >= 0.3 is 0 Å². The summed E-state index contributed by atoms with van der Waals surface area (Å²) in [5, 5.41) is 11.1. The molecule has 1 heterocycles. The summed E-state index contributed by atoms with van der Waals surface area (Å²) in [5.74, 6) is -0.319. The molecule has 0 radical (unpaired) electrons. The highest BCUT2D eigenvalue weighted by Gasteiger charge is 2.20. The summed E-state index contributed by atoms with van der Waals surface area (Å²) in [6.45, 7) is 5.45. The number of hydrogen-bond donors (Lipinski definition) is 2. The molecular weight excluding hydrogens is 424 g/mol. The summed E-state index contributed by atoms with van der Waals surface area (Å²) in [6, 6.07) is 8.50. The average Bonchev–Trinajstić information content (AvgIpc) is 3.29. The third kappa shape index (κ3) is 4.92. The van der Waals surface area contributed by atoms with Crippen LogP contribution in [0.5, 0.6) is 11.5 Å². The maximum atomic E-state index is 12.6. The SMILES string of the molecule is COc1cc(-n2cnnn2)c(Cl)cc1C(=O)NNC(=O)C(C)Oc1cccc(C)c1C. The molecule has 3 aromatic rings. The van der Waals surface area contributed by atoms with Crippen LogP contribution in [0.4, 0.5) is 0 Å². The van der Waals surface area contributed by atoms with Gasteiger partial charge in [-0.2, -0.15) is 4.68 Å². The number of aryl methyl sites for hydroxylation is 1. The quantitative estimate of drug-likeness (QED) is 0.559. The third-order valence-corrected chi connectivity index (χ3v) is 4.94. The summed E-state index contributed by atoms with van der Waals surface area (Å²) in [5.41, 5.74) is 7.23. The molecule has 0 aliphatic carbocycles. The second-order valence-corrected chi connectivity index (χ2v) is 7.07. The average molecular weight is 445 g/mol. The van der Waals surface area contributed by atoms with Gasteiger partial charge in [-0.25, -0.2) is 0 Å². The number of hydrogen-bond acceptors (Lipinski definition) is 7. The van der Waals surface area contributed by atoms with Crippen molar-refractivity contribution in [1.82, 2.24) is 31.1 Å². The molecule has 2 amide bonds. The van der Waals surface area contributed by atoms with Crippen molar-refractivity contribution in [2.45, 2.75) is 26.9 Å². The van der Waals surface area contributed by atoms with E-state index in [1.54, 1.807) is 13.0 Å². The molecule has 1 aromatic heterocycles. The van der Waals surface area contributed by atoms with Gasteiger partial charge in [-0.1, -0.05) is 23.7 Å². The Labute approximate surface area is 183 Å². The number of amides is 2. The monoisotopic (exact) mass is 444 g/mol. The highest BCUT2D eigenvalue weighted by molar-refractivity contribution is 6.33. The van der Waals surface area contributed by atoms with Crippen LogP contribution in [0, 0.1) is 13.8 Å². The van der Waals surface area contributed by atoms with E-state index in [1.807, 2.05) is 26.0 Å². The lowest BCUT2D eigenvalue weighted by Gasteiger charge is -2.18. The van der Waals surface area contributed by atoms with Gasteiger partial charge in [-0.15, -0.1) is 5.10 Å². The van der Waals surface area contributed by atoms with Crippen molar-refractivity contribution in [1.29, 1.82) is 0 Å². The number of carbonyl (C=O) groups excluding carboxylic acids is 2. The summed E-state index contributed by atoms with van der Waals surface area (Å²) in [6.07, 6.45) is 0.520. The molecule has 10 nitrogen and oxygen atoms in total. The molecule has 2 N–H and O–H groups in total. The molecule has 3 rings (SSSR count). The van der Waals surface area contributed by atoms with Crippen molar-refractivity contribution in [3.63, 3.8) is 0 Å². The number of rotatable bonds is 6. The second kappa shape index (κ2) is 9.43. The molecule has 1 atom stereocenters. The summed E-state index contributed by atoms with van der Waals surface area (Å²) in [4.78, 5) is 25.0. The smallest absolute Gasteiger partial charge is 0.279 e. The molecule has 162 valence electrons.